The fourth-order valence-electron chi connectivity index (χ4n) is 2.94. The van der Waals surface area contributed by atoms with Gasteiger partial charge in [-0.15, -0.1) is 0 Å². The summed E-state index contributed by atoms with van der Waals surface area (Å²) >= 11 is 0. The van der Waals surface area contributed by atoms with E-state index in [1.54, 1.807) is 0 Å². The van der Waals surface area contributed by atoms with Gasteiger partial charge in [-0.1, -0.05) is 6.42 Å². The van der Waals surface area contributed by atoms with E-state index >= 15 is 0 Å². The highest BCUT2D eigenvalue weighted by atomic mass is 19.1. The van der Waals surface area contributed by atoms with Crippen LogP contribution in [0.15, 0.2) is 18.2 Å². The molecule has 1 aromatic rings. The minimum Gasteiger partial charge on any atom is -0.326 e. The Morgan fingerprint density at radius 3 is 2.20 bits per heavy atom. The van der Waals surface area contributed by atoms with Gasteiger partial charge in [-0.2, -0.15) is 0 Å². The lowest BCUT2D eigenvalue weighted by Gasteiger charge is -2.44. The molecule has 1 aliphatic rings. The molecular weight excluding hydrogens is 258 g/mol. The number of nitrogens with zero attached hydrogens (tertiary/aromatic N) is 1. The van der Waals surface area contributed by atoms with Crippen molar-refractivity contribution in [2.24, 2.45) is 5.73 Å². The van der Waals surface area contributed by atoms with Gasteiger partial charge in [0.2, 0.25) is 0 Å². The summed E-state index contributed by atoms with van der Waals surface area (Å²) in [6, 6.07) is 3.48. The van der Waals surface area contributed by atoms with Crippen molar-refractivity contribution in [3.8, 4) is 0 Å². The Kier molecular flexibility index (Phi) is 4.76. The van der Waals surface area contributed by atoms with Crippen LogP contribution in [-0.2, 0) is 6.42 Å². The summed E-state index contributed by atoms with van der Waals surface area (Å²) in [5.74, 6) is -1.08. The number of nitrogens with two attached hydrogens (primary N) is 1. The molecule has 1 unspecified atom stereocenters. The van der Waals surface area contributed by atoms with Gasteiger partial charge < -0.3 is 5.73 Å². The zero-order valence-corrected chi connectivity index (χ0v) is 12.3. The highest BCUT2D eigenvalue weighted by molar-refractivity contribution is 5.20. The fraction of sp³-hybridized carbons (Fsp3) is 0.625. The van der Waals surface area contributed by atoms with Gasteiger partial charge in [0.05, 0.1) is 0 Å². The maximum Gasteiger partial charge on any atom is 0.126 e. The SMILES string of the molecule is CC(C)(C(N)Cc1cc(F)cc(F)c1)N1CCCCC1. The second kappa shape index (κ2) is 6.19. The molecule has 20 heavy (non-hydrogen) atoms. The van der Waals surface area contributed by atoms with Crippen LogP contribution in [0.5, 0.6) is 0 Å². The molecule has 0 aliphatic carbocycles. The molecule has 0 radical (unpaired) electrons. The number of hydrogen-bond donors (Lipinski definition) is 1. The van der Waals surface area contributed by atoms with Gasteiger partial charge in [-0.05, 0) is 63.9 Å². The Balaban J connectivity index is 2.07. The van der Waals surface area contributed by atoms with Crippen LogP contribution in [0.4, 0.5) is 8.78 Å². The van der Waals surface area contributed by atoms with Gasteiger partial charge in [-0.25, -0.2) is 8.78 Å². The number of likely N-dealkylation sites (tertiary alicyclic amines) is 1. The Morgan fingerprint density at radius 2 is 1.65 bits per heavy atom. The van der Waals surface area contributed by atoms with E-state index in [4.69, 9.17) is 5.73 Å². The lowest BCUT2D eigenvalue weighted by atomic mass is 9.86. The molecule has 4 heteroatoms. The minimum atomic E-state index is -0.539. The van der Waals surface area contributed by atoms with E-state index in [1.165, 1.54) is 31.4 Å². The Labute approximate surface area is 120 Å². The van der Waals surface area contributed by atoms with E-state index < -0.39 is 11.6 Å². The van der Waals surface area contributed by atoms with Crippen molar-refractivity contribution in [2.75, 3.05) is 13.1 Å². The first kappa shape index (κ1) is 15.4. The molecule has 1 aliphatic heterocycles. The second-order valence-corrected chi connectivity index (χ2v) is 6.29. The first-order chi connectivity index (χ1) is 9.39. The minimum absolute atomic E-state index is 0.151. The molecule has 0 aromatic heterocycles. The Morgan fingerprint density at radius 1 is 1.10 bits per heavy atom. The highest BCUT2D eigenvalue weighted by Gasteiger charge is 2.33. The molecule has 112 valence electrons. The molecule has 0 saturated carbocycles. The predicted octanol–water partition coefficient (Wildman–Crippen LogP) is 3.10. The first-order valence-corrected chi connectivity index (χ1v) is 7.35. The topological polar surface area (TPSA) is 29.3 Å². The van der Waals surface area contributed by atoms with Crippen LogP contribution in [0.2, 0.25) is 0 Å². The maximum absolute atomic E-state index is 13.2. The third kappa shape index (κ3) is 3.55. The van der Waals surface area contributed by atoms with Crippen molar-refractivity contribution in [3.05, 3.63) is 35.4 Å². The van der Waals surface area contributed by atoms with Gasteiger partial charge in [-0.3, -0.25) is 4.90 Å². The highest BCUT2D eigenvalue weighted by Crippen LogP contribution is 2.25. The molecule has 1 fully saturated rings. The summed E-state index contributed by atoms with van der Waals surface area (Å²) in [5.41, 5.74) is 6.79. The fourth-order valence-corrected chi connectivity index (χ4v) is 2.94. The zero-order valence-electron chi connectivity index (χ0n) is 12.3. The summed E-state index contributed by atoms with van der Waals surface area (Å²) in [7, 11) is 0. The summed E-state index contributed by atoms with van der Waals surface area (Å²) in [4.78, 5) is 2.40. The molecule has 2 rings (SSSR count). The standard InChI is InChI=1S/C16H24F2N2/c1-16(2,20-6-4-3-5-7-20)15(19)10-12-8-13(17)11-14(18)9-12/h8-9,11,15H,3-7,10,19H2,1-2H3. The Bertz CT molecular complexity index is 434. The van der Waals surface area contributed by atoms with Gasteiger partial charge in [0.1, 0.15) is 11.6 Å². The van der Waals surface area contributed by atoms with Crippen molar-refractivity contribution in [1.29, 1.82) is 0 Å². The van der Waals surface area contributed by atoms with Crippen molar-refractivity contribution in [2.45, 2.75) is 51.1 Å². The number of piperidine rings is 1. The van der Waals surface area contributed by atoms with Crippen molar-refractivity contribution in [3.63, 3.8) is 0 Å². The largest absolute Gasteiger partial charge is 0.326 e. The van der Waals surface area contributed by atoms with Crippen LogP contribution in [0, 0.1) is 11.6 Å². The van der Waals surface area contributed by atoms with Gasteiger partial charge in [0.25, 0.3) is 0 Å². The molecule has 1 saturated heterocycles. The number of halogens is 2. The molecule has 0 bridgehead atoms. The van der Waals surface area contributed by atoms with Crippen LogP contribution < -0.4 is 5.73 Å². The smallest absolute Gasteiger partial charge is 0.126 e. The molecule has 0 spiro atoms. The first-order valence-electron chi connectivity index (χ1n) is 7.35. The lowest BCUT2D eigenvalue weighted by Crippen LogP contribution is -2.58. The van der Waals surface area contributed by atoms with E-state index in [1.807, 2.05) is 0 Å². The number of rotatable bonds is 4. The number of hydrogen-bond acceptors (Lipinski definition) is 2. The van der Waals surface area contributed by atoms with Gasteiger partial charge in [0, 0.05) is 17.6 Å². The lowest BCUT2D eigenvalue weighted by molar-refractivity contribution is 0.0731. The van der Waals surface area contributed by atoms with Crippen LogP contribution in [0.25, 0.3) is 0 Å². The van der Waals surface area contributed by atoms with Crippen LogP contribution in [0.3, 0.4) is 0 Å². The van der Waals surface area contributed by atoms with Crippen LogP contribution >= 0.6 is 0 Å². The van der Waals surface area contributed by atoms with Crippen LogP contribution in [-0.4, -0.2) is 29.6 Å². The quantitative estimate of drug-likeness (QED) is 0.919. The summed E-state index contributed by atoms with van der Waals surface area (Å²) in [6.07, 6.45) is 4.16. The summed E-state index contributed by atoms with van der Waals surface area (Å²) in [5, 5.41) is 0. The zero-order chi connectivity index (χ0) is 14.8. The van der Waals surface area contributed by atoms with E-state index in [0.717, 1.165) is 19.2 Å². The molecule has 1 aromatic carbocycles. The van der Waals surface area contributed by atoms with Crippen LogP contribution in [0.1, 0.15) is 38.7 Å². The molecule has 1 atom stereocenters. The third-order valence-corrected chi connectivity index (χ3v) is 4.46. The molecule has 2 nitrogen and oxygen atoms in total. The maximum atomic E-state index is 13.2. The van der Waals surface area contributed by atoms with E-state index in [9.17, 15) is 8.78 Å². The van der Waals surface area contributed by atoms with E-state index in [-0.39, 0.29) is 11.6 Å². The second-order valence-electron chi connectivity index (χ2n) is 6.29. The third-order valence-electron chi connectivity index (χ3n) is 4.46. The van der Waals surface area contributed by atoms with E-state index in [2.05, 4.69) is 18.7 Å². The number of benzene rings is 1. The molecule has 0 amide bonds. The molecule has 1 heterocycles. The normalized spacial score (nSPS) is 19.1. The average molecular weight is 282 g/mol. The molecular formula is C16H24F2N2. The predicted molar refractivity (Wildman–Crippen MR) is 77.5 cm³/mol. The van der Waals surface area contributed by atoms with E-state index in [0.29, 0.717) is 12.0 Å². The monoisotopic (exact) mass is 282 g/mol. The summed E-state index contributed by atoms with van der Waals surface area (Å²) in [6.45, 7) is 6.35. The Hall–Kier alpha value is -1.00. The van der Waals surface area contributed by atoms with Gasteiger partial charge >= 0.3 is 0 Å². The van der Waals surface area contributed by atoms with Gasteiger partial charge in [0.15, 0.2) is 0 Å². The van der Waals surface area contributed by atoms with Crippen molar-refractivity contribution >= 4 is 0 Å². The molecule has 2 N–H and O–H groups in total. The van der Waals surface area contributed by atoms with Crippen molar-refractivity contribution in [1.82, 2.24) is 4.90 Å². The van der Waals surface area contributed by atoms with Crippen molar-refractivity contribution < 1.29 is 8.78 Å². The average Bonchev–Trinajstić information content (AvgIpc) is 2.38. The summed E-state index contributed by atoms with van der Waals surface area (Å²) < 4.78 is 26.5.